The van der Waals surface area contributed by atoms with Crippen molar-refractivity contribution in [2.45, 2.75) is 78.6 Å². The Morgan fingerprint density at radius 3 is 0.843 bits per heavy atom. The number of hydrogen-bond acceptors (Lipinski definition) is 2. The second kappa shape index (κ2) is 19.5. The van der Waals surface area contributed by atoms with E-state index in [1.165, 1.54) is 0 Å². The zero-order valence-corrected chi connectivity index (χ0v) is 37.8. The molecule has 9 heteroatoms. The summed E-state index contributed by atoms with van der Waals surface area (Å²) in [6, 6.07) is 41.6. The average molecular weight is 790 g/mol. The number of aliphatic imine (C=N–C) groups is 2. The van der Waals surface area contributed by atoms with E-state index >= 15 is 0 Å². The smallest absolute Gasteiger partial charge is 0.472 e. The monoisotopic (exact) mass is 788 g/mol. The summed E-state index contributed by atoms with van der Waals surface area (Å²) in [4.78, 5) is 20.2. The summed E-state index contributed by atoms with van der Waals surface area (Å²) in [5, 5.41) is 0. The van der Waals surface area contributed by atoms with E-state index in [9.17, 15) is 0 Å². The van der Waals surface area contributed by atoms with Crippen molar-refractivity contribution in [3.05, 3.63) is 165 Å². The van der Waals surface area contributed by atoms with Gasteiger partial charge < -0.3 is 19.9 Å². The third-order valence-electron chi connectivity index (χ3n) is 6.68. The van der Waals surface area contributed by atoms with Gasteiger partial charge in [0.05, 0.1) is 16.1 Å². The topological polar surface area (TPSA) is 52.9 Å². The first-order valence-electron chi connectivity index (χ1n) is 17.6. The minimum absolute atomic E-state index is 0. The summed E-state index contributed by atoms with van der Waals surface area (Å²) < 4.78 is 0. The van der Waals surface area contributed by atoms with Crippen LogP contribution in [-0.4, -0.2) is 44.3 Å². The summed E-state index contributed by atoms with van der Waals surface area (Å²) >= 11 is 0. The summed E-state index contributed by atoms with van der Waals surface area (Å²) in [6.07, 6.45) is 0. The van der Waals surface area contributed by atoms with E-state index in [0.717, 1.165) is 45.3 Å². The summed E-state index contributed by atoms with van der Waals surface area (Å²) in [6.45, 7) is 27.5. The first kappa shape index (κ1) is 43.8. The number of hydrogen-bond donors (Lipinski definition) is 0. The van der Waals surface area contributed by atoms with Gasteiger partial charge in [0.25, 0.3) is 0 Å². The molecule has 0 aromatic heterocycles. The molecule has 0 bridgehead atoms. The predicted molar refractivity (Wildman–Crippen MR) is 235 cm³/mol. The Hall–Kier alpha value is -3.34. The zero-order valence-electron chi connectivity index (χ0n) is 32.8. The quantitative estimate of drug-likeness (QED) is 0.0873. The largest absolute Gasteiger partial charge is 2.00 e. The molecule has 0 radical (unpaired) electrons. The van der Waals surface area contributed by atoms with Crippen LogP contribution >= 0.6 is 0 Å². The first-order chi connectivity index (χ1) is 23.3. The molecule has 4 aromatic carbocycles. The second-order valence-corrected chi connectivity index (χ2v) is 35.9. The van der Waals surface area contributed by atoms with E-state index in [1.54, 1.807) is 0 Å². The molecule has 0 aliphatic heterocycles. The van der Waals surface area contributed by atoms with Gasteiger partial charge in [0, 0.05) is 16.5 Å². The Balaban J connectivity index is 0.000000347. The van der Waals surface area contributed by atoms with E-state index in [1.807, 2.05) is 24.3 Å². The second-order valence-electron chi connectivity index (χ2n) is 16.7. The molecule has 0 aliphatic rings. The van der Waals surface area contributed by atoms with Crippen molar-refractivity contribution in [3.63, 3.8) is 0 Å². The van der Waals surface area contributed by atoms with Crippen LogP contribution in [0.1, 0.15) is 22.3 Å². The van der Waals surface area contributed by atoms with Crippen molar-refractivity contribution in [1.29, 1.82) is 0 Å². The number of rotatable bonds is 10. The number of nitrogens with zero attached hydrogens (tertiary/aromatic N) is 4. The molecule has 0 atom stereocenters. The van der Waals surface area contributed by atoms with Crippen LogP contribution in [0.15, 0.2) is 143 Å². The Morgan fingerprint density at radius 2 is 0.627 bits per heavy atom. The van der Waals surface area contributed by atoms with Gasteiger partial charge in [0.15, 0.2) is 0 Å². The fourth-order valence-electron chi connectivity index (χ4n) is 4.74. The standard InChI is InChI=1S/2C21H29N2Si2.Ni/c2*1-24(2,3)17-20(18-13-9-7-10-14-18)22-21(23-25(4,5)6)19-15-11-8-12-16-19;/h2*7-17H,1-6H3;/q2*-1;+2/b2*20-17-;. The molecular formula is C42H58N4NiSi4. The van der Waals surface area contributed by atoms with Gasteiger partial charge in [-0.25, -0.2) is 0 Å². The Kier molecular flexibility index (Phi) is 16.7. The summed E-state index contributed by atoms with van der Waals surface area (Å²) in [7, 11) is -6.16. The molecule has 0 aliphatic carbocycles. The van der Waals surface area contributed by atoms with Crippen molar-refractivity contribution in [2.24, 2.45) is 9.98 Å². The molecule has 272 valence electrons. The van der Waals surface area contributed by atoms with Gasteiger partial charge >= 0.3 is 16.5 Å². The van der Waals surface area contributed by atoms with Gasteiger partial charge in [-0.2, -0.15) is 0 Å². The Morgan fingerprint density at radius 1 is 0.392 bits per heavy atom. The zero-order chi connectivity index (χ0) is 37.0. The fraction of sp³-hybridized carbons (Fsp3) is 0.286. The maximum atomic E-state index is 5.07. The molecule has 0 N–H and O–H groups in total. The van der Waals surface area contributed by atoms with Gasteiger partial charge in [-0.1, -0.05) is 223 Å². The van der Waals surface area contributed by atoms with Gasteiger partial charge in [-0.05, 0) is 33.6 Å². The molecule has 0 fully saturated rings. The fourth-order valence-corrected chi connectivity index (χ4v) is 8.48. The van der Waals surface area contributed by atoms with Crippen molar-refractivity contribution >= 4 is 55.7 Å². The molecule has 0 saturated heterocycles. The third-order valence-corrected chi connectivity index (χ3v) is 10.7. The molecule has 0 unspecified atom stereocenters. The first-order valence-corrected chi connectivity index (χ1v) is 31.6. The van der Waals surface area contributed by atoms with E-state index in [0.29, 0.717) is 0 Å². The molecule has 0 amide bonds. The van der Waals surface area contributed by atoms with Gasteiger partial charge in [-0.3, -0.25) is 0 Å². The maximum Gasteiger partial charge on any atom is 2.00 e. The predicted octanol–water partition coefficient (Wildman–Crippen LogP) is 13.1. The Labute approximate surface area is 323 Å². The molecular weight excluding hydrogens is 732 g/mol. The maximum absolute atomic E-state index is 5.07. The normalized spacial score (nSPS) is 13.4. The van der Waals surface area contributed by atoms with Crippen LogP contribution in [0.5, 0.6) is 0 Å². The Bertz CT molecular complexity index is 1610. The van der Waals surface area contributed by atoms with Crippen molar-refractivity contribution < 1.29 is 16.5 Å². The molecule has 0 heterocycles. The molecule has 4 rings (SSSR count). The van der Waals surface area contributed by atoms with Crippen LogP contribution in [-0.2, 0) is 16.5 Å². The van der Waals surface area contributed by atoms with Crippen LogP contribution in [0.25, 0.3) is 21.4 Å². The van der Waals surface area contributed by atoms with Crippen LogP contribution in [0.4, 0.5) is 0 Å². The van der Waals surface area contributed by atoms with Crippen LogP contribution < -0.4 is 0 Å². The minimum Gasteiger partial charge on any atom is -0.472 e. The van der Waals surface area contributed by atoms with E-state index in [2.05, 4.69) is 187 Å². The van der Waals surface area contributed by atoms with Gasteiger partial charge in [-0.15, -0.1) is 0 Å². The van der Waals surface area contributed by atoms with E-state index in [4.69, 9.17) is 19.9 Å². The van der Waals surface area contributed by atoms with Crippen LogP contribution in [0, 0.1) is 0 Å². The van der Waals surface area contributed by atoms with E-state index in [-0.39, 0.29) is 16.5 Å². The molecule has 0 spiro atoms. The summed E-state index contributed by atoms with van der Waals surface area (Å²) in [5.74, 6) is 1.71. The number of amidine groups is 2. The number of benzene rings is 4. The van der Waals surface area contributed by atoms with Crippen LogP contribution in [0.3, 0.4) is 0 Å². The molecule has 51 heavy (non-hydrogen) atoms. The van der Waals surface area contributed by atoms with Gasteiger partial charge in [0.2, 0.25) is 0 Å². The van der Waals surface area contributed by atoms with Crippen molar-refractivity contribution in [3.8, 4) is 0 Å². The van der Waals surface area contributed by atoms with Crippen molar-refractivity contribution in [1.82, 2.24) is 0 Å². The van der Waals surface area contributed by atoms with Gasteiger partial charge in [0.1, 0.15) is 0 Å². The summed E-state index contributed by atoms with van der Waals surface area (Å²) in [5.41, 5.74) is 11.3. The van der Waals surface area contributed by atoms with Crippen molar-refractivity contribution in [2.75, 3.05) is 0 Å². The van der Waals surface area contributed by atoms with E-state index < -0.39 is 32.6 Å². The third kappa shape index (κ3) is 17.6. The molecule has 0 saturated carbocycles. The minimum atomic E-state index is -1.65. The SMILES string of the molecule is C[Si](C)(C)/C=C(\N=C([N-][Si](C)(C)C)c1ccccc1)c1ccccc1.C[Si](C)(C)/C=C(\N=C([N-][Si](C)(C)C)c1ccccc1)c1ccccc1.[Ni+2]. The molecule has 4 aromatic rings. The average Bonchev–Trinajstić information content (AvgIpc) is 3.03. The van der Waals surface area contributed by atoms with Crippen LogP contribution in [0.2, 0.25) is 78.6 Å². The molecule has 4 nitrogen and oxygen atoms in total.